The van der Waals surface area contributed by atoms with E-state index >= 15 is 0 Å². The molecule has 2 aromatic carbocycles. The van der Waals surface area contributed by atoms with Gasteiger partial charge in [0.2, 0.25) is 15.9 Å². The minimum absolute atomic E-state index is 0.101. The Balaban J connectivity index is 1.99. The summed E-state index contributed by atoms with van der Waals surface area (Å²) in [5, 5.41) is 5.43. The summed E-state index contributed by atoms with van der Waals surface area (Å²) >= 11 is 0. The molecule has 0 aliphatic carbocycles. The molecule has 8 heteroatoms. The first-order chi connectivity index (χ1) is 13.4. The first-order valence-electron chi connectivity index (χ1n) is 9.16. The van der Waals surface area contributed by atoms with Crippen LogP contribution in [-0.2, 0) is 14.8 Å². The maximum Gasteiger partial charge on any atom is 0.255 e. The van der Waals surface area contributed by atoms with Crippen molar-refractivity contribution in [3.8, 4) is 0 Å². The molecular formula is C20H25N3O4S. The molecule has 3 N–H and O–H groups in total. The van der Waals surface area contributed by atoms with Crippen LogP contribution in [0.5, 0.6) is 0 Å². The molecule has 0 spiro atoms. The van der Waals surface area contributed by atoms with Gasteiger partial charge in [-0.25, -0.2) is 13.1 Å². The van der Waals surface area contributed by atoms with Gasteiger partial charge in [0, 0.05) is 29.9 Å². The van der Waals surface area contributed by atoms with E-state index in [4.69, 9.17) is 0 Å². The van der Waals surface area contributed by atoms with Gasteiger partial charge in [0.25, 0.3) is 5.91 Å². The lowest BCUT2D eigenvalue weighted by molar-refractivity contribution is -0.115. The average Bonchev–Trinajstić information content (AvgIpc) is 2.69. The topological polar surface area (TPSA) is 104 Å². The van der Waals surface area contributed by atoms with Crippen molar-refractivity contribution in [2.24, 2.45) is 0 Å². The molecule has 0 radical (unpaired) electrons. The van der Waals surface area contributed by atoms with Crippen LogP contribution < -0.4 is 15.4 Å². The van der Waals surface area contributed by atoms with Crippen molar-refractivity contribution in [1.29, 1.82) is 0 Å². The summed E-state index contributed by atoms with van der Waals surface area (Å²) in [5.41, 5.74) is 1.53. The Kier molecular flexibility index (Phi) is 7.71. The van der Waals surface area contributed by atoms with Gasteiger partial charge in [-0.3, -0.25) is 9.59 Å². The fraction of sp³-hybridized carbons (Fsp3) is 0.300. The Labute approximate surface area is 165 Å². The van der Waals surface area contributed by atoms with Crippen molar-refractivity contribution in [1.82, 2.24) is 4.72 Å². The smallest absolute Gasteiger partial charge is 0.255 e. The van der Waals surface area contributed by atoms with Crippen LogP contribution in [0, 0.1) is 0 Å². The van der Waals surface area contributed by atoms with Gasteiger partial charge < -0.3 is 10.6 Å². The van der Waals surface area contributed by atoms with Crippen LogP contribution in [0.15, 0.2) is 53.4 Å². The van der Waals surface area contributed by atoms with E-state index in [-0.39, 0.29) is 16.7 Å². The number of hydrogen-bond donors (Lipinski definition) is 3. The van der Waals surface area contributed by atoms with E-state index in [9.17, 15) is 18.0 Å². The van der Waals surface area contributed by atoms with E-state index in [0.717, 1.165) is 12.8 Å². The largest absolute Gasteiger partial charge is 0.326 e. The quantitative estimate of drug-likeness (QED) is 0.558. The molecule has 0 heterocycles. The third kappa shape index (κ3) is 6.17. The van der Waals surface area contributed by atoms with Crippen molar-refractivity contribution in [3.63, 3.8) is 0 Å². The summed E-state index contributed by atoms with van der Waals surface area (Å²) in [6, 6.07) is 12.5. The predicted molar refractivity (Wildman–Crippen MR) is 110 cm³/mol. The SMILES string of the molecule is CCCCNS(=O)(=O)c1ccc(NC(=O)c2ccc(NC(=O)CC)cc2)cc1. The molecule has 2 amide bonds. The van der Waals surface area contributed by atoms with E-state index in [1.807, 2.05) is 6.92 Å². The second kappa shape index (κ2) is 10.0. The number of hydrogen-bond acceptors (Lipinski definition) is 4. The standard InChI is InChI=1S/C20H25N3O4S/c1-3-5-14-21-28(26,27)18-12-10-17(11-13-18)23-20(25)15-6-8-16(9-7-15)22-19(24)4-2/h6-13,21H,3-5,14H2,1-2H3,(H,22,24)(H,23,25). The summed E-state index contributed by atoms with van der Waals surface area (Å²) in [7, 11) is -3.54. The molecule has 2 aromatic rings. The van der Waals surface area contributed by atoms with E-state index < -0.39 is 10.0 Å². The van der Waals surface area contributed by atoms with Crippen LogP contribution in [-0.4, -0.2) is 26.8 Å². The second-order valence-corrected chi connectivity index (χ2v) is 7.98. The number of amides is 2. The summed E-state index contributed by atoms with van der Waals surface area (Å²) in [5.74, 6) is -0.429. The molecule has 0 fully saturated rings. The highest BCUT2D eigenvalue weighted by atomic mass is 32.2. The van der Waals surface area contributed by atoms with Crippen molar-refractivity contribution in [2.45, 2.75) is 38.0 Å². The Morgan fingerprint density at radius 1 is 0.857 bits per heavy atom. The first-order valence-corrected chi connectivity index (χ1v) is 10.6. The van der Waals surface area contributed by atoms with Crippen molar-refractivity contribution >= 4 is 33.2 Å². The maximum atomic E-state index is 12.3. The number of carbonyl (C=O) groups is 2. The minimum Gasteiger partial charge on any atom is -0.326 e. The highest BCUT2D eigenvalue weighted by molar-refractivity contribution is 7.89. The molecule has 0 aliphatic rings. The molecule has 150 valence electrons. The van der Waals surface area contributed by atoms with Crippen LogP contribution >= 0.6 is 0 Å². The number of benzene rings is 2. The molecule has 0 aromatic heterocycles. The van der Waals surface area contributed by atoms with E-state index in [0.29, 0.717) is 29.9 Å². The Morgan fingerprint density at radius 2 is 1.43 bits per heavy atom. The highest BCUT2D eigenvalue weighted by Crippen LogP contribution is 2.16. The third-order valence-electron chi connectivity index (χ3n) is 4.00. The van der Waals surface area contributed by atoms with Crippen molar-refractivity contribution < 1.29 is 18.0 Å². The molecule has 28 heavy (non-hydrogen) atoms. The van der Waals surface area contributed by atoms with Crippen molar-refractivity contribution in [2.75, 3.05) is 17.2 Å². The van der Waals surface area contributed by atoms with Gasteiger partial charge in [-0.05, 0) is 55.0 Å². The summed E-state index contributed by atoms with van der Waals surface area (Å²) in [6.45, 7) is 4.14. The molecule has 2 rings (SSSR count). The molecular weight excluding hydrogens is 378 g/mol. The fourth-order valence-corrected chi connectivity index (χ4v) is 3.42. The number of carbonyl (C=O) groups excluding carboxylic acids is 2. The van der Waals surface area contributed by atoms with Crippen LogP contribution in [0.25, 0.3) is 0 Å². The average molecular weight is 404 g/mol. The third-order valence-corrected chi connectivity index (χ3v) is 5.47. The number of nitrogens with one attached hydrogen (secondary N) is 3. The van der Waals surface area contributed by atoms with Gasteiger partial charge >= 0.3 is 0 Å². The highest BCUT2D eigenvalue weighted by Gasteiger charge is 2.13. The Bertz CT molecular complexity index is 907. The van der Waals surface area contributed by atoms with Gasteiger partial charge in [0.05, 0.1) is 4.90 Å². The van der Waals surface area contributed by atoms with Gasteiger partial charge in [-0.2, -0.15) is 0 Å². The van der Waals surface area contributed by atoms with E-state index in [2.05, 4.69) is 15.4 Å². The van der Waals surface area contributed by atoms with Gasteiger partial charge in [0.15, 0.2) is 0 Å². The number of rotatable bonds is 9. The van der Waals surface area contributed by atoms with Crippen LogP contribution in [0.1, 0.15) is 43.5 Å². The van der Waals surface area contributed by atoms with Gasteiger partial charge in [-0.15, -0.1) is 0 Å². The van der Waals surface area contributed by atoms with Crippen molar-refractivity contribution in [3.05, 3.63) is 54.1 Å². The summed E-state index contributed by atoms with van der Waals surface area (Å²) in [6.07, 6.45) is 2.05. The summed E-state index contributed by atoms with van der Waals surface area (Å²) < 4.78 is 26.9. The molecule has 0 bridgehead atoms. The monoisotopic (exact) mass is 403 g/mol. The molecule has 7 nitrogen and oxygen atoms in total. The predicted octanol–water partition coefficient (Wildman–Crippen LogP) is 3.37. The normalized spacial score (nSPS) is 11.1. The second-order valence-electron chi connectivity index (χ2n) is 6.21. The van der Waals surface area contributed by atoms with Gasteiger partial charge in [-0.1, -0.05) is 20.3 Å². The fourth-order valence-electron chi connectivity index (χ4n) is 2.34. The van der Waals surface area contributed by atoms with Crippen LogP contribution in [0.4, 0.5) is 11.4 Å². The zero-order valence-corrected chi connectivity index (χ0v) is 16.8. The van der Waals surface area contributed by atoms with Gasteiger partial charge in [0.1, 0.15) is 0 Å². The molecule has 0 atom stereocenters. The van der Waals surface area contributed by atoms with Crippen LogP contribution in [0.3, 0.4) is 0 Å². The Hall–Kier alpha value is -2.71. The number of sulfonamides is 1. The van der Waals surface area contributed by atoms with E-state index in [1.54, 1.807) is 43.3 Å². The minimum atomic E-state index is -3.54. The lowest BCUT2D eigenvalue weighted by Crippen LogP contribution is -2.24. The Morgan fingerprint density at radius 3 is 2.00 bits per heavy atom. The number of anilines is 2. The van der Waals surface area contributed by atoms with Crippen LogP contribution in [0.2, 0.25) is 0 Å². The molecule has 0 unspecified atom stereocenters. The van der Waals surface area contributed by atoms with E-state index in [1.165, 1.54) is 12.1 Å². The maximum absolute atomic E-state index is 12.3. The first kappa shape index (κ1) is 21.6. The molecule has 0 aliphatic heterocycles. The molecule has 0 saturated carbocycles. The zero-order valence-electron chi connectivity index (χ0n) is 16.0. The number of unbranched alkanes of at least 4 members (excludes halogenated alkanes) is 1. The zero-order chi connectivity index (χ0) is 20.6. The summed E-state index contributed by atoms with van der Waals surface area (Å²) in [4.78, 5) is 23.9. The lowest BCUT2D eigenvalue weighted by Gasteiger charge is -2.09. The molecule has 0 saturated heterocycles. The lowest BCUT2D eigenvalue weighted by atomic mass is 10.2.